The van der Waals surface area contributed by atoms with E-state index in [1.165, 1.54) is 22.7 Å². The maximum Gasteiger partial charge on any atom is 0.416 e. The lowest BCUT2D eigenvalue weighted by Gasteiger charge is -2.05. The molecule has 9 heteroatoms. The van der Waals surface area contributed by atoms with Crippen molar-refractivity contribution in [3.8, 4) is 6.07 Å². The third-order valence-electron chi connectivity index (χ3n) is 4.48. The van der Waals surface area contributed by atoms with E-state index in [4.69, 9.17) is 5.26 Å². The number of benzene rings is 2. The van der Waals surface area contributed by atoms with Gasteiger partial charge in [-0.15, -0.1) is 5.10 Å². The number of halogens is 3. The lowest BCUT2D eigenvalue weighted by atomic mass is 10.1. The third kappa shape index (κ3) is 4.09. The second-order valence-electron chi connectivity index (χ2n) is 6.57. The van der Waals surface area contributed by atoms with Crippen LogP contribution in [0.5, 0.6) is 0 Å². The van der Waals surface area contributed by atoms with Gasteiger partial charge >= 0.3 is 6.18 Å². The summed E-state index contributed by atoms with van der Waals surface area (Å²) in [6.45, 7) is 0. The Bertz CT molecular complexity index is 1350. The molecule has 0 bridgehead atoms. The normalized spacial score (nSPS) is 12.4. The third-order valence-corrected chi connectivity index (χ3v) is 5.44. The maximum atomic E-state index is 12.7. The highest BCUT2D eigenvalue weighted by atomic mass is 32.1. The Morgan fingerprint density at radius 1 is 1.07 bits per heavy atom. The van der Waals surface area contributed by atoms with Gasteiger partial charge in [0.05, 0.1) is 21.7 Å². The summed E-state index contributed by atoms with van der Waals surface area (Å²) in [5, 5.41) is 13.1. The molecule has 5 nitrogen and oxygen atoms in total. The molecule has 2 aromatic carbocycles. The summed E-state index contributed by atoms with van der Waals surface area (Å²) in [5.74, 6) is 0.531. The quantitative estimate of drug-likeness (QED) is 0.502. The molecular weight excluding hydrogens is 413 g/mol. The largest absolute Gasteiger partial charge is 0.416 e. The van der Waals surface area contributed by atoms with Crippen molar-refractivity contribution in [1.29, 1.82) is 5.26 Å². The van der Waals surface area contributed by atoms with E-state index in [1.807, 2.05) is 12.1 Å². The van der Waals surface area contributed by atoms with Crippen LogP contribution in [0.15, 0.2) is 53.3 Å². The Morgan fingerprint density at radius 3 is 2.37 bits per heavy atom. The molecule has 0 unspecified atom stereocenters. The number of rotatable bonds is 4. The molecule has 0 aliphatic rings. The number of fused-ring (bicyclic) bond motifs is 1. The predicted octanol–water partition coefficient (Wildman–Crippen LogP) is 3.37. The lowest BCUT2D eigenvalue weighted by molar-refractivity contribution is -0.137. The van der Waals surface area contributed by atoms with Gasteiger partial charge in [-0.05, 0) is 47.9 Å². The van der Waals surface area contributed by atoms with Gasteiger partial charge in [0.25, 0.3) is 5.56 Å². The van der Waals surface area contributed by atoms with E-state index in [0.717, 1.165) is 29.0 Å². The van der Waals surface area contributed by atoms with Crippen molar-refractivity contribution < 1.29 is 13.2 Å². The topological polar surface area (TPSA) is 71.0 Å². The van der Waals surface area contributed by atoms with Gasteiger partial charge in [-0.1, -0.05) is 35.6 Å². The number of nitrogens with zero attached hydrogens (tertiary/aromatic N) is 4. The van der Waals surface area contributed by atoms with Crippen LogP contribution >= 0.6 is 11.3 Å². The van der Waals surface area contributed by atoms with E-state index >= 15 is 0 Å². The number of hydrogen-bond acceptors (Lipinski definition) is 5. The van der Waals surface area contributed by atoms with Crippen LogP contribution in [0.4, 0.5) is 13.2 Å². The first kappa shape index (κ1) is 19.8. The first-order valence-corrected chi connectivity index (χ1v) is 9.71. The van der Waals surface area contributed by atoms with E-state index in [1.54, 1.807) is 12.1 Å². The van der Waals surface area contributed by atoms with Gasteiger partial charge < -0.3 is 0 Å². The molecule has 0 saturated carbocycles. The molecule has 150 valence electrons. The van der Waals surface area contributed by atoms with Crippen LogP contribution < -0.4 is 10.1 Å². The van der Waals surface area contributed by atoms with Crippen LogP contribution in [0.2, 0.25) is 0 Å². The number of thiazole rings is 1. The molecule has 2 aromatic heterocycles. The van der Waals surface area contributed by atoms with Crippen LogP contribution in [0.25, 0.3) is 11.0 Å². The summed E-state index contributed by atoms with van der Waals surface area (Å²) >= 11 is 1.14. The Labute approximate surface area is 172 Å². The number of hydrogen-bond donors (Lipinski definition) is 0. The maximum absolute atomic E-state index is 12.7. The Kier molecular flexibility index (Phi) is 5.10. The fraction of sp³-hybridized carbons (Fsp3) is 0.143. The fourth-order valence-electron chi connectivity index (χ4n) is 2.90. The van der Waals surface area contributed by atoms with Gasteiger partial charge in [0.15, 0.2) is 5.82 Å². The molecule has 0 radical (unpaired) electrons. The van der Waals surface area contributed by atoms with Gasteiger partial charge in [-0.3, -0.25) is 4.79 Å². The number of nitriles is 1. The second-order valence-corrected chi connectivity index (χ2v) is 7.58. The predicted molar refractivity (Wildman–Crippen MR) is 106 cm³/mol. The molecule has 0 saturated heterocycles. The summed E-state index contributed by atoms with van der Waals surface area (Å²) in [7, 11) is 0. The Morgan fingerprint density at radius 2 is 1.77 bits per heavy atom. The minimum atomic E-state index is -4.40. The number of aromatic nitrogens is 3. The van der Waals surface area contributed by atoms with Crippen molar-refractivity contribution in [2.45, 2.75) is 19.0 Å². The summed E-state index contributed by atoms with van der Waals surface area (Å²) < 4.78 is 39.5. The van der Waals surface area contributed by atoms with Gasteiger partial charge in [0.1, 0.15) is 0 Å². The summed E-state index contributed by atoms with van der Waals surface area (Å²) in [4.78, 5) is 17.4. The first-order chi connectivity index (χ1) is 14.3. The Balaban J connectivity index is 1.54. The fourth-order valence-corrected chi connectivity index (χ4v) is 3.83. The molecule has 0 fully saturated rings. The molecule has 0 atom stereocenters. The number of alkyl halides is 3. The molecule has 4 rings (SSSR count). The highest BCUT2D eigenvalue weighted by Gasteiger charge is 2.29. The van der Waals surface area contributed by atoms with Crippen molar-refractivity contribution in [1.82, 2.24) is 14.6 Å². The lowest BCUT2D eigenvalue weighted by Crippen LogP contribution is -2.23. The minimum Gasteiger partial charge on any atom is -0.266 e. The van der Waals surface area contributed by atoms with Crippen LogP contribution in [0.1, 0.15) is 28.1 Å². The van der Waals surface area contributed by atoms with Gasteiger partial charge in [0.2, 0.25) is 4.96 Å². The molecular formula is C21H13F3N4OS. The molecule has 0 aliphatic carbocycles. The highest BCUT2D eigenvalue weighted by molar-refractivity contribution is 7.15. The molecule has 0 aliphatic heterocycles. The summed E-state index contributed by atoms with van der Waals surface area (Å²) in [6, 6.07) is 13.9. The zero-order chi connectivity index (χ0) is 21.3. The van der Waals surface area contributed by atoms with Crippen molar-refractivity contribution >= 4 is 22.4 Å². The van der Waals surface area contributed by atoms with E-state index in [2.05, 4.69) is 16.2 Å². The second kappa shape index (κ2) is 7.72. The molecule has 4 aromatic rings. The van der Waals surface area contributed by atoms with Crippen LogP contribution in [-0.2, 0) is 19.0 Å². The van der Waals surface area contributed by atoms with E-state index in [9.17, 15) is 18.0 Å². The average molecular weight is 426 g/mol. The van der Waals surface area contributed by atoms with Crippen molar-refractivity contribution in [2.24, 2.45) is 0 Å². The monoisotopic (exact) mass is 426 g/mol. The van der Waals surface area contributed by atoms with E-state index < -0.39 is 11.7 Å². The minimum absolute atomic E-state index is 0.350. The van der Waals surface area contributed by atoms with Crippen LogP contribution in [0, 0.1) is 11.3 Å². The summed E-state index contributed by atoms with van der Waals surface area (Å²) in [5.41, 5.74) is 1.02. The molecule has 30 heavy (non-hydrogen) atoms. The van der Waals surface area contributed by atoms with E-state index in [0.29, 0.717) is 39.3 Å². The van der Waals surface area contributed by atoms with Crippen molar-refractivity contribution in [2.75, 3.05) is 0 Å². The van der Waals surface area contributed by atoms with Gasteiger partial charge in [0, 0.05) is 6.42 Å². The smallest absolute Gasteiger partial charge is 0.266 e. The van der Waals surface area contributed by atoms with Crippen molar-refractivity contribution in [3.63, 3.8) is 0 Å². The molecule has 0 spiro atoms. The van der Waals surface area contributed by atoms with Crippen LogP contribution in [0.3, 0.4) is 0 Å². The first-order valence-electron chi connectivity index (χ1n) is 8.90. The van der Waals surface area contributed by atoms with Gasteiger partial charge in [-0.2, -0.15) is 22.9 Å². The van der Waals surface area contributed by atoms with Crippen molar-refractivity contribution in [3.05, 3.63) is 91.5 Å². The molecule has 2 heterocycles. The van der Waals surface area contributed by atoms with E-state index in [-0.39, 0.29) is 5.56 Å². The Hall–Kier alpha value is -3.51. The van der Waals surface area contributed by atoms with Crippen LogP contribution in [-0.4, -0.2) is 14.6 Å². The van der Waals surface area contributed by atoms with Gasteiger partial charge in [-0.25, -0.2) is 4.98 Å². The highest BCUT2D eigenvalue weighted by Crippen LogP contribution is 2.29. The zero-order valence-electron chi connectivity index (χ0n) is 15.3. The summed E-state index contributed by atoms with van der Waals surface area (Å²) in [6.07, 6.45) is -1.66. The zero-order valence-corrected chi connectivity index (χ0v) is 16.2. The molecule has 0 amide bonds. The number of aryl methyl sites for hydroxylation is 2. The molecule has 0 N–H and O–H groups in total. The standard InChI is InChI=1S/C21H13F3N4OS/c22-21(23,24)16-8-5-14(6-9-16)11-17-19(29)28-20(30-17)26-18(27-28)10-7-13-1-3-15(12-25)4-2-13/h1-6,8-9,11H,7,10H2/b17-11-. The average Bonchev–Trinajstić information content (AvgIpc) is 3.25. The SMILES string of the molecule is N#Cc1ccc(CCc2nc3s/c(=C\c4ccc(C(F)(F)F)cc4)c(=O)n3n2)cc1.